The second-order valence-electron chi connectivity index (χ2n) is 5.29. The van der Waals surface area contributed by atoms with Crippen molar-refractivity contribution in [3.8, 4) is 0 Å². The third-order valence-corrected chi connectivity index (χ3v) is 5.06. The zero-order chi connectivity index (χ0) is 15.0. The Hall–Kier alpha value is -1.45. The molecule has 3 rings (SSSR count). The molecule has 1 aliphatic rings. The van der Waals surface area contributed by atoms with Crippen molar-refractivity contribution in [2.45, 2.75) is 19.2 Å². The van der Waals surface area contributed by atoms with Crippen molar-refractivity contribution in [1.29, 1.82) is 0 Å². The molecule has 21 heavy (non-hydrogen) atoms. The first-order valence-corrected chi connectivity index (χ1v) is 8.25. The van der Waals surface area contributed by atoms with Crippen LogP contribution in [0.1, 0.15) is 22.1 Å². The van der Waals surface area contributed by atoms with E-state index in [1.807, 2.05) is 29.2 Å². The average molecular weight is 318 g/mol. The molecule has 0 N–H and O–H groups in total. The van der Waals surface area contributed by atoms with Crippen LogP contribution in [0.3, 0.4) is 0 Å². The number of benzene rings is 2. The fourth-order valence-electron chi connectivity index (χ4n) is 2.70. The van der Waals surface area contributed by atoms with Gasteiger partial charge in [0.05, 0.1) is 5.75 Å². The van der Waals surface area contributed by atoms with Gasteiger partial charge in [-0.1, -0.05) is 35.9 Å². The minimum absolute atomic E-state index is 0.0487. The molecule has 4 heteroatoms. The average Bonchev–Trinajstić information content (AvgIpc) is 2.80. The Morgan fingerprint density at radius 1 is 1.14 bits per heavy atom. The van der Waals surface area contributed by atoms with Crippen LogP contribution in [0.5, 0.6) is 0 Å². The number of carbonyl (C=O) groups is 1. The zero-order valence-electron chi connectivity index (χ0n) is 12.0. The quantitative estimate of drug-likeness (QED) is 0.797. The summed E-state index contributed by atoms with van der Waals surface area (Å²) in [6.45, 7) is 4.10. The van der Waals surface area contributed by atoms with E-state index in [1.165, 1.54) is 0 Å². The molecule has 1 heterocycles. The summed E-state index contributed by atoms with van der Waals surface area (Å²) >= 11 is 7.94. The van der Waals surface area contributed by atoms with E-state index in [2.05, 4.69) is 32.0 Å². The molecule has 2 nitrogen and oxygen atoms in total. The molecule has 1 unspecified atom stereocenters. The van der Waals surface area contributed by atoms with Crippen LogP contribution in [-0.2, 0) is 4.79 Å². The number of halogens is 1. The number of thioether (sulfide) groups is 1. The molecule has 1 saturated heterocycles. The van der Waals surface area contributed by atoms with Gasteiger partial charge >= 0.3 is 0 Å². The van der Waals surface area contributed by atoms with Crippen molar-refractivity contribution in [2.75, 3.05) is 10.7 Å². The van der Waals surface area contributed by atoms with Crippen LogP contribution in [-0.4, -0.2) is 11.7 Å². The van der Waals surface area contributed by atoms with Gasteiger partial charge in [-0.2, -0.15) is 0 Å². The van der Waals surface area contributed by atoms with E-state index in [9.17, 15) is 4.79 Å². The number of anilines is 1. The third kappa shape index (κ3) is 2.81. The largest absolute Gasteiger partial charge is 0.295 e. The van der Waals surface area contributed by atoms with E-state index in [0.717, 1.165) is 22.4 Å². The van der Waals surface area contributed by atoms with E-state index in [1.54, 1.807) is 11.8 Å². The number of rotatable bonds is 2. The number of hydrogen-bond donors (Lipinski definition) is 0. The first-order valence-electron chi connectivity index (χ1n) is 6.82. The topological polar surface area (TPSA) is 20.3 Å². The minimum Gasteiger partial charge on any atom is -0.295 e. The molecule has 0 saturated carbocycles. The number of carbonyl (C=O) groups excluding carboxylic acids is 1. The molecule has 2 aromatic rings. The Morgan fingerprint density at radius 3 is 2.48 bits per heavy atom. The highest BCUT2D eigenvalue weighted by molar-refractivity contribution is 8.00. The summed E-state index contributed by atoms with van der Waals surface area (Å²) in [6, 6.07) is 14.0. The Balaban J connectivity index is 2.06. The lowest BCUT2D eigenvalue weighted by Crippen LogP contribution is -2.28. The van der Waals surface area contributed by atoms with Crippen LogP contribution in [0.15, 0.2) is 42.5 Å². The lowest BCUT2D eigenvalue weighted by Gasteiger charge is -2.25. The normalized spacial score (nSPS) is 18.3. The number of nitrogens with zero attached hydrogens (tertiary/aromatic N) is 1. The molecule has 0 bridgehead atoms. The Labute approximate surface area is 134 Å². The monoisotopic (exact) mass is 317 g/mol. The minimum atomic E-state index is -0.0487. The third-order valence-electron chi connectivity index (χ3n) is 3.52. The summed E-state index contributed by atoms with van der Waals surface area (Å²) in [7, 11) is 0. The van der Waals surface area contributed by atoms with Gasteiger partial charge in [0.25, 0.3) is 0 Å². The number of aryl methyl sites for hydroxylation is 2. The van der Waals surface area contributed by atoms with Crippen LogP contribution in [0.25, 0.3) is 0 Å². The van der Waals surface area contributed by atoms with Gasteiger partial charge in [-0.3, -0.25) is 9.69 Å². The van der Waals surface area contributed by atoms with Crippen LogP contribution < -0.4 is 4.90 Å². The molecular weight excluding hydrogens is 302 g/mol. The molecule has 1 amide bonds. The molecule has 108 valence electrons. The molecule has 1 aliphatic heterocycles. The van der Waals surface area contributed by atoms with E-state index in [-0.39, 0.29) is 11.3 Å². The van der Waals surface area contributed by atoms with Crippen LogP contribution in [0.4, 0.5) is 5.69 Å². The van der Waals surface area contributed by atoms with Crippen LogP contribution in [0, 0.1) is 13.8 Å². The predicted octanol–water partition coefficient (Wildman–Crippen LogP) is 4.74. The maximum atomic E-state index is 12.4. The van der Waals surface area contributed by atoms with Gasteiger partial charge in [0.2, 0.25) is 5.91 Å². The van der Waals surface area contributed by atoms with Crippen molar-refractivity contribution < 1.29 is 4.79 Å². The van der Waals surface area contributed by atoms with Gasteiger partial charge in [-0.25, -0.2) is 0 Å². The fraction of sp³-hybridized carbons (Fsp3) is 0.235. The highest BCUT2D eigenvalue weighted by Gasteiger charge is 2.35. The first kappa shape index (κ1) is 14.5. The molecule has 1 atom stereocenters. The van der Waals surface area contributed by atoms with Gasteiger partial charge in [0, 0.05) is 16.3 Å². The van der Waals surface area contributed by atoms with Gasteiger partial charge in [0.15, 0.2) is 0 Å². The molecule has 0 aromatic heterocycles. The van der Waals surface area contributed by atoms with Crippen molar-refractivity contribution in [3.05, 3.63) is 64.2 Å². The SMILES string of the molecule is Cc1cc(C)cc(N2C(=O)CSC2c2ccccc2Cl)c1. The highest BCUT2D eigenvalue weighted by Crippen LogP contribution is 2.44. The van der Waals surface area contributed by atoms with E-state index in [4.69, 9.17) is 11.6 Å². The Morgan fingerprint density at radius 2 is 1.81 bits per heavy atom. The Kier molecular flexibility index (Phi) is 3.96. The maximum absolute atomic E-state index is 12.4. The van der Waals surface area contributed by atoms with E-state index in [0.29, 0.717) is 10.8 Å². The van der Waals surface area contributed by atoms with Crippen molar-refractivity contribution >= 4 is 35.0 Å². The summed E-state index contributed by atoms with van der Waals surface area (Å²) < 4.78 is 0. The lowest BCUT2D eigenvalue weighted by molar-refractivity contribution is -0.115. The summed E-state index contributed by atoms with van der Waals surface area (Å²) in [5.74, 6) is 0.623. The van der Waals surface area contributed by atoms with Crippen molar-refractivity contribution in [1.82, 2.24) is 0 Å². The van der Waals surface area contributed by atoms with Crippen molar-refractivity contribution in [3.63, 3.8) is 0 Å². The zero-order valence-corrected chi connectivity index (χ0v) is 13.5. The molecule has 2 aromatic carbocycles. The Bertz CT molecular complexity index is 681. The summed E-state index contributed by atoms with van der Waals surface area (Å²) in [5, 5.41) is 0.659. The second-order valence-corrected chi connectivity index (χ2v) is 6.77. The standard InChI is InChI=1S/C17H16ClNOS/c1-11-7-12(2)9-13(8-11)19-16(20)10-21-17(19)14-5-3-4-6-15(14)18/h3-9,17H,10H2,1-2H3. The number of amides is 1. The van der Waals surface area contributed by atoms with E-state index < -0.39 is 0 Å². The van der Waals surface area contributed by atoms with E-state index >= 15 is 0 Å². The summed E-state index contributed by atoms with van der Waals surface area (Å²) in [4.78, 5) is 14.2. The predicted molar refractivity (Wildman–Crippen MR) is 90.1 cm³/mol. The van der Waals surface area contributed by atoms with Gasteiger partial charge in [-0.15, -0.1) is 11.8 Å². The maximum Gasteiger partial charge on any atom is 0.238 e. The van der Waals surface area contributed by atoms with Crippen LogP contribution >= 0.6 is 23.4 Å². The summed E-state index contributed by atoms with van der Waals surface area (Å²) in [5.41, 5.74) is 4.27. The summed E-state index contributed by atoms with van der Waals surface area (Å²) in [6.07, 6.45) is 0. The van der Waals surface area contributed by atoms with Crippen molar-refractivity contribution in [2.24, 2.45) is 0 Å². The molecule has 0 spiro atoms. The lowest BCUT2D eigenvalue weighted by atomic mass is 10.1. The molecule has 0 radical (unpaired) electrons. The smallest absolute Gasteiger partial charge is 0.238 e. The molecule has 0 aliphatic carbocycles. The fourth-order valence-corrected chi connectivity index (χ4v) is 4.22. The van der Waals surface area contributed by atoms with Gasteiger partial charge in [0.1, 0.15) is 5.37 Å². The molecular formula is C17H16ClNOS. The van der Waals surface area contributed by atoms with Gasteiger partial charge in [-0.05, 0) is 43.2 Å². The van der Waals surface area contributed by atoms with Crippen LogP contribution in [0.2, 0.25) is 5.02 Å². The van der Waals surface area contributed by atoms with Gasteiger partial charge < -0.3 is 0 Å². The number of hydrogen-bond acceptors (Lipinski definition) is 2. The highest BCUT2D eigenvalue weighted by atomic mass is 35.5. The molecule has 1 fully saturated rings. The first-order chi connectivity index (χ1) is 10.1. The second kappa shape index (κ2) is 5.74.